The van der Waals surface area contributed by atoms with Gasteiger partial charge >= 0.3 is 5.69 Å². The third-order valence-electron chi connectivity index (χ3n) is 3.29. The first kappa shape index (κ1) is 14.0. The van der Waals surface area contributed by atoms with Gasteiger partial charge in [-0.05, 0) is 32.9 Å². The molecule has 0 atom stereocenters. The Morgan fingerprint density at radius 3 is 2.25 bits per heavy atom. The van der Waals surface area contributed by atoms with Crippen LogP contribution in [-0.4, -0.2) is 14.9 Å². The summed E-state index contributed by atoms with van der Waals surface area (Å²) in [6.45, 7) is 5.16. The standard InChI is InChI=1S/C15H16N2O3/c1-4-16-10(2)13(11(3)18)14(19)17(15(16)20)12-8-6-5-7-9-12/h5-9H,4H2,1-3H3. The molecule has 1 aromatic heterocycles. The zero-order chi connectivity index (χ0) is 14.9. The third kappa shape index (κ3) is 2.11. The van der Waals surface area contributed by atoms with Crippen LogP contribution in [0.25, 0.3) is 5.69 Å². The second-order valence-electron chi connectivity index (χ2n) is 4.52. The van der Waals surface area contributed by atoms with Gasteiger partial charge in [0.25, 0.3) is 5.56 Å². The predicted octanol–water partition coefficient (Wildman–Crippen LogP) is 1.53. The first-order valence-corrected chi connectivity index (χ1v) is 6.41. The minimum absolute atomic E-state index is 0.0651. The molecular weight excluding hydrogens is 256 g/mol. The molecule has 0 spiro atoms. The lowest BCUT2D eigenvalue weighted by Crippen LogP contribution is -2.42. The van der Waals surface area contributed by atoms with E-state index in [4.69, 9.17) is 0 Å². The lowest BCUT2D eigenvalue weighted by atomic mass is 10.1. The van der Waals surface area contributed by atoms with Crippen LogP contribution in [0.15, 0.2) is 39.9 Å². The van der Waals surface area contributed by atoms with Gasteiger partial charge in [-0.2, -0.15) is 0 Å². The molecule has 0 amide bonds. The summed E-state index contributed by atoms with van der Waals surface area (Å²) in [5, 5.41) is 0. The van der Waals surface area contributed by atoms with Crippen molar-refractivity contribution in [1.29, 1.82) is 0 Å². The minimum atomic E-state index is -0.559. The molecule has 104 valence electrons. The Morgan fingerprint density at radius 2 is 1.75 bits per heavy atom. The molecule has 0 bridgehead atoms. The van der Waals surface area contributed by atoms with Crippen LogP contribution >= 0.6 is 0 Å². The van der Waals surface area contributed by atoms with Crippen LogP contribution in [0, 0.1) is 6.92 Å². The van der Waals surface area contributed by atoms with Crippen LogP contribution in [0.4, 0.5) is 0 Å². The molecule has 0 fully saturated rings. The molecule has 2 aromatic rings. The van der Waals surface area contributed by atoms with E-state index in [1.54, 1.807) is 44.2 Å². The van der Waals surface area contributed by atoms with Gasteiger partial charge in [-0.3, -0.25) is 14.2 Å². The highest BCUT2D eigenvalue weighted by atomic mass is 16.2. The van der Waals surface area contributed by atoms with Crippen LogP contribution < -0.4 is 11.2 Å². The summed E-state index contributed by atoms with van der Waals surface area (Å²) in [6, 6.07) is 8.62. The van der Waals surface area contributed by atoms with Crippen molar-refractivity contribution in [3.63, 3.8) is 0 Å². The molecule has 0 saturated carbocycles. The summed E-state index contributed by atoms with van der Waals surface area (Å²) in [5.41, 5.74) is -0.0354. The molecule has 0 aliphatic carbocycles. The van der Waals surface area contributed by atoms with Crippen molar-refractivity contribution in [2.75, 3.05) is 0 Å². The van der Waals surface area contributed by atoms with Crippen LogP contribution in [0.1, 0.15) is 29.9 Å². The second-order valence-corrected chi connectivity index (χ2v) is 4.52. The summed E-state index contributed by atoms with van der Waals surface area (Å²) in [5.74, 6) is -0.334. The fourth-order valence-electron chi connectivity index (χ4n) is 2.34. The van der Waals surface area contributed by atoms with Crippen LogP contribution in [0.3, 0.4) is 0 Å². The maximum atomic E-state index is 12.4. The number of para-hydroxylation sites is 1. The molecule has 0 aliphatic rings. The number of hydrogen-bond acceptors (Lipinski definition) is 3. The number of Topliss-reactive ketones (excluding diaryl/α,β-unsaturated/α-hetero) is 1. The highest BCUT2D eigenvalue weighted by Gasteiger charge is 2.19. The van der Waals surface area contributed by atoms with Crippen molar-refractivity contribution < 1.29 is 4.79 Å². The third-order valence-corrected chi connectivity index (χ3v) is 3.29. The summed E-state index contributed by atoms with van der Waals surface area (Å²) < 4.78 is 2.48. The second kappa shape index (κ2) is 5.28. The Balaban J connectivity index is 2.96. The van der Waals surface area contributed by atoms with E-state index in [0.717, 1.165) is 4.57 Å². The number of aromatic nitrogens is 2. The Bertz CT molecular complexity index is 770. The molecule has 0 radical (unpaired) electrons. The lowest BCUT2D eigenvalue weighted by molar-refractivity contribution is 0.101. The average molecular weight is 272 g/mol. The van der Waals surface area contributed by atoms with Crippen molar-refractivity contribution in [2.24, 2.45) is 0 Å². The van der Waals surface area contributed by atoms with E-state index < -0.39 is 11.2 Å². The van der Waals surface area contributed by atoms with Gasteiger partial charge in [0.15, 0.2) is 5.78 Å². The number of nitrogens with zero attached hydrogens (tertiary/aromatic N) is 2. The maximum absolute atomic E-state index is 12.4. The van der Waals surface area contributed by atoms with Crippen molar-refractivity contribution in [1.82, 2.24) is 9.13 Å². The number of benzene rings is 1. The largest absolute Gasteiger partial charge is 0.335 e. The van der Waals surface area contributed by atoms with Crippen LogP contribution in [-0.2, 0) is 6.54 Å². The van der Waals surface area contributed by atoms with E-state index in [1.165, 1.54) is 11.5 Å². The van der Waals surface area contributed by atoms with Gasteiger partial charge in [0.2, 0.25) is 0 Å². The number of rotatable bonds is 3. The Kier molecular flexibility index (Phi) is 3.70. The summed E-state index contributed by atoms with van der Waals surface area (Å²) in [4.78, 5) is 36.6. The molecule has 5 nitrogen and oxygen atoms in total. The van der Waals surface area contributed by atoms with Crippen molar-refractivity contribution in [3.05, 3.63) is 62.4 Å². The molecule has 0 saturated heterocycles. The highest BCUT2D eigenvalue weighted by molar-refractivity contribution is 5.94. The number of carbonyl (C=O) groups excluding carboxylic acids is 1. The number of ketones is 1. The van der Waals surface area contributed by atoms with Gasteiger partial charge in [0.05, 0.1) is 5.69 Å². The lowest BCUT2D eigenvalue weighted by Gasteiger charge is -2.14. The normalized spacial score (nSPS) is 10.6. The van der Waals surface area contributed by atoms with E-state index in [0.29, 0.717) is 17.9 Å². The fourth-order valence-corrected chi connectivity index (χ4v) is 2.34. The number of hydrogen-bond donors (Lipinski definition) is 0. The molecule has 20 heavy (non-hydrogen) atoms. The molecule has 0 unspecified atom stereocenters. The van der Waals surface area contributed by atoms with Crippen LogP contribution in [0.2, 0.25) is 0 Å². The van der Waals surface area contributed by atoms with Crippen molar-refractivity contribution in [2.45, 2.75) is 27.3 Å². The first-order chi connectivity index (χ1) is 9.49. The molecule has 1 aromatic carbocycles. The van der Waals surface area contributed by atoms with Crippen molar-refractivity contribution in [3.8, 4) is 5.69 Å². The van der Waals surface area contributed by atoms with Crippen molar-refractivity contribution >= 4 is 5.78 Å². The molecule has 1 heterocycles. The fraction of sp³-hybridized carbons (Fsp3) is 0.267. The van der Waals surface area contributed by atoms with E-state index >= 15 is 0 Å². The summed E-state index contributed by atoms with van der Waals surface area (Å²) in [6.07, 6.45) is 0. The smallest absolute Gasteiger partial charge is 0.297 e. The topological polar surface area (TPSA) is 61.1 Å². The molecule has 0 aliphatic heterocycles. The van der Waals surface area contributed by atoms with Gasteiger partial charge in [-0.25, -0.2) is 9.36 Å². The van der Waals surface area contributed by atoms with Gasteiger partial charge in [-0.15, -0.1) is 0 Å². The van der Waals surface area contributed by atoms with Gasteiger partial charge in [0, 0.05) is 12.2 Å². The predicted molar refractivity (Wildman–Crippen MR) is 76.7 cm³/mol. The first-order valence-electron chi connectivity index (χ1n) is 6.41. The van der Waals surface area contributed by atoms with Gasteiger partial charge < -0.3 is 0 Å². The molecular formula is C15H16N2O3. The maximum Gasteiger partial charge on any atom is 0.335 e. The highest BCUT2D eigenvalue weighted by Crippen LogP contribution is 2.06. The van der Waals surface area contributed by atoms with Crippen LogP contribution in [0.5, 0.6) is 0 Å². The van der Waals surface area contributed by atoms with E-state index in [2.05, 4.69) is 0 Å². The Morgan fingerprint density at radius 1 is 1.15 bits per heavy atom. The van der Waals surface area contributed by atoms with E-state index in [-0.39, 0.29) is 11.3 Å². The Labute approximate surface area is 116 Å². The van der Waals surface area contributed by atoms with E-state index in [9.17, 15) is 14.4 Å². The average Bonchev–Trinajstić information content (AvgIpc) is 2.39. The summed E-state index contributed by atoms with van der Waals surface area (Å²) >= 11 is 0. The molecule has 5 heteroatoms. The zero-order valence-corrected chi connectivity index (χ0v) is 11.7. The molecule has 0 N–H and O–H groups in total. The molecule has 2 rings (SSSR count). The zero-order valence-electron chi connectivity index (χ0n) is 11.7. The SMILES string of the molecule is CCn1c(C)c(C(C)=O)c(=O)n(-c2ccccc2)c1=O. The summed E-state index contributed by atoms with van der Waals surface area (Å²) in [7, 11) is 0. The quantitative estimate of drug-likeness (QED) is 0.796. The minimum Gasteiger partial charge on any atom is -0.297 e. The number of carbonyl (C=O) groups is 1. The monoisotopic (exact) mass is 272 g/mol. The Hall–Kier alpha value is -2.43. The van der Waals surface area contributed by atoms with E-state index in [1.807, 2.05) is 0 Å². The van der Waals surface area contributed by atoms with Gasteiger partial charge in [-0.1, -0.05) is 18.2 Å². The van der Waals surface area contributed by atoms with Gasteiger partial charge in [0.1, 0.15) is 5.56 Å².